The Hall–Kier alpha value is -3.00. The Morgan fingerprint density at radius 1 is 1.13 bits per heavy atom. The molecule has 0 saturated carbocycles. The van der Waals surface area contributed by atoms with Gasteiger partial charge in [0.1, 0.15) is 6.54 Å². The predicted molar refractivity (Wildman–Crippen MR) is 121 cm³/mol. The van der Waals surface area contributed by atoms with Crippen molar-refractivity contribution in [2.24, 2.45) is 0 Å². The number of hydrogen-bond donors (Lipinski definition) is 2. The number of fused-ring (bicyclic) bond motifs is 1. The SMILES string of the molecule is Cc1ccc(NS(=O)(=O)CCc2c(C)n(CC(=O)O)c3ccccc23)c(N(C)C)c1. The summed E-state index contributed by atoms with van der Waals surface area (Å²) in [5.74, 6) is -1.04. The van der Waals surface area contributed by atoms with E-state index < -0.39 is 16.0 Å². The number of carbonyl (C=O) groups is 1. The van der Waals surface area contributed by atoms with E-state index in [1.165, 1.54) is 0 Å². The second-order valence-corrected chi connectivity index (χ2v) is 9.49. The molecule has 0 amide bonds. The molecule has 1 aromatic heterocycles. The maximum absolute atomic E-state index is 12.8. The number of aryl methyl sites for hydroxylation is 2. The highest BCUT2D eigenvalue weighted by Gasteiger charge is 2.19. The third kappa shape index (κ3) is 4.59. The van der Waals surface area contributed by atoms with Crippen molar-refractivity contribution in [1.29, 1.82) is 0 Å². The number of aromatic nitrogens is 1. The van der Waals surface area contributed by atoms with E-state index in [0.29, 0.717) is 5.69 Å². The van der Waals surface area contributed by atoms with Gasteiger partial charge in [0.15, 0.2) is 0 Å². The topological polar surface area (TPSA) is 91.6 Å². The normalized spacial score (nSPS) is 11.6. The van der Waals surface area contributed by atoms with Crippen molar-refractivity contribution in [2.75, 3.05) is 29.5 Å². The van der Waals surface area contributed by atoms with Gasteiger partial charge in [-0.15, -0.1) is 0 Å². The number of rotatable bonds is 8. The summed E-state index contributed by atoms with van der Waals surface area (Å²) >= 11 is 0. The number of carboxylic acid groups (broad SMARTS) is 1. The molecule has 7 nitrogen and oxygen atoms in total. The molecule has 0 fully saturated rings. The first-order valence-electron chi connectivity index (χ1n) is 9.66. The van der Waals surface area contributed by atoms with Crippen LogP contribution in [0.15, 0.2) is 42.5 Å². The second-order valence-electron chi connectivity index (χ2n) is 7.65. The summed E-state index contributed by atoms with van der Waals surface area (Å²) in [6, 6.07) is 13.1. The zero-order valence-electron chi connectivity index (χ0n) is 17.6. The molecule has 1 heterocycles. The molecule has 160 valence electrons. The Morgan fingerprint density at radius 2 is 1.83 bits per heavy atom. The van der Waals surface area contributed by atoms with E-state index in [4.69, 9.17) is 0 Å². The van der Waals surface area contributed by atoms with E-state index in [1.54, 1.807) is 10.6 Å². The maximum Gasteiger partial charge on any atom is 0.323 e. The van der Waals surface area contributed by atoms with E-state index in [9.17, 15) is 18.3 Å². The molecule has 3 aromatic rings. The number of para-hydroxylation sites is 1. The highest BCUT2D eigenvalue weighted by molar-refractivity contribution is 7.92. The van der Waals surface area contributed by atoms with Crippen LogP contribution in [0, 0.1) is 13.8 Å². The molecular formula is C22H27N3O4S. The van der Waals surface area contributed by atoms with Crippen molar-refractivity contribution in [2.45, 2.75) is 26.8 Å². The summed E-state index contributed by atoms with van der Waals surface area (Å²) in [6.07, 6.45) is 0.289. The lowest BCUT2D eigenvalue weighted by Crippen LogP contribution is -2.21. The Kier molecular flexibility index (Phi) is 6.07. The zero-order chi connectivity index (χ0) is 22.1. The van der Waals surface area contributed by atoms with E-state index in [0.717, 1.165) is 33.4 Å². The fraction of sp³-hybridized carbons (Fsp3) is 0.318. The van der Waals surface area contributed by atoms with Gasteiger partial charge in [0.2, 0.25) is 10.0 Å². The van der Waals surface area contributed by atoms with Gasteiger partial charge in [0.25, 0.3) is 0 Å². The average Bonchev–Trinajstić information content (AvgIpc) is 2.92. The molecule has 0 aliphatic heterocycles. The molecule has 0 saturated heterocycles. The molecule has 0 aliphatic rings. The predicted octanol–water partition coefficient (Wildman–Crippen LogP) is 3.39. The van der Waals surface area contributed by atoms with E-state index in [1.807, 2.05) is 69.2 Å². The largest absolute Gasteiger partial charge is 0.480 e. The van der Waals surface area contributed by atoms with Crippen molar-refractivity contribution >= 4 is 38.3 Å². The lowest BCUT2D eigenvalue weighted by molar-refractivity contribution is -0.137. The Morgan fingerprint density at radius 3 is 2.50 bits per heavy atom. The maximum atomic E-state index is 12.8. The van der Waals surface area contributed by atoms with Crippen LogP contribution >= 0.6 is 0 Å². The van der Waals surface area contributed by atoms with Gasteiger partial charge in [0.05, 0.1) is 17.1 Å². The molecule has 0 radical (unpaired) electrons. The van der Waals surface area contributed by atoms with Gasteiger partial charge in [0, 0.05) is 30.7 Å². The van der Waals surface area contributed by atoms with Crippen molar-refractivity contribution in [3.8, 4) is 0 Å². The van der Waals surface area contributed by atoms with Gasteiger partial charge in [-0.2, -0.15) is 0 Å². The number of sulfonamides is 1. The van der Waals surface area contributed by atoms with Crippen LogP contribution in [0.5, 0.6) is 0 Å². The minimum Gasteiger partial charge on any atom is -0.480 e. The van der Waals surface area contributed by atoms with Crippen LogP contribution in [-0.4, -0.2) is 43.9 Å². The first-order valence-corrected chi connectivity index (χ1v) is 11.3. The van der Waals surface area contributed by atoms with Gasteiger partial charge in [-0.3, -0.25) is 9.52 Å². The summed E-state index contributed by atoms with van der Waals surface area (Å²) in [4.78, 5) is 13.1. The lowest BCUT2D eigenvalue weighted by Gasteiger charge is -2.19. The molecule has 0 unspecified atom stereocenters. The standard InChI is InChI=1S/C22H27N3O4S/c1-15-9-10-19(21(13-15)24(3)4)23-30(28,29)12-11-17-16(2)25(14-22(26)27)20-8-6-5-7-18(17)20/h5-10,13,23H,11-12,14H2,1-4H3,(H,26,27). The summed E-state index contributed by atoms with van der Waals surface area (Å²) < 4.78 is 30.1. The third-order valence-corrected chi connectivity index (χ3v) is 6.45. The highest BCUT2D eigenvalue weighted by Crippen LogP contribution is 2.29. The molecular weight excluding hydrogens is 402 g/mol. The number of aliphatic carboxylic acids is 1. The molecule has 0 atom stereocenters. The van der Waals surface area contributed by atoms with Crippen LogP contribution < -0.4 is 9.62 Å². The van der Waals surface area contributed by atoms with Gasteiger partial charge in [-0.1, -0.05) is 24.3 Å². The van der Waals surface area contributed by atoms with Crippen LogP contribution in [0.4, 0.5) is 11.4 Å². The Balaban J connectivity index is 1.88. The molecule has 3 rings (SSSR count). The smallest absolute Gasteiger partial charge is 0.323 e. The zero-order valence-corrected chi connectivity index (χ0v) is 18.5. The number of nitrogens with zero attached hydrogens (tertiary/aromatic N) is 2. The molecule has 0 aliphatic carbocycles. The Labute approximate surface area is 177 Å². The minimum atomic E-state index is -3.60. The molecule has 2 aromatic carbocycles. The van der Waals surface area contributed by atoms with Crippen molar-refractivity contribution < 1.29 is 18.3 Å². The number of carboxylic acids is 1. The quantitative estimate of drug-likeness (QED) is 0.573. The van der Waals surface area contributed by atoms with Crippen LogP contribution in [0.2, 0.25) is 0 Å². The van der Waals surface area contributed by atoms with Crippen molar-refractivity contribution in [1.82, 2.24) is 4.57 Å². The van der Waals surface area contributed by atoms with Gasteiger partial charge in [-0.05, 0) is 49.6 Å². The van der Waals surface area contributed by atoms with E-state index in [-0.39, 0.29) is 18.7 Å². The lowest BCUT2D eigenvalue weighted by atomic mass is 10.1. The third-order valence-electron chi connectivity index (χ3n) is 5.18. The fourth-order valence-electron chi connectivity index (χ4n) is 3.71. The monoisotopic (exact) mass is 429 g/mol. The molecule has 0 bridgehead atoms. The number of hydrogen-bond acceptors (Lipinski definition) is 4. The molecule has 30 heavy (non-hydrogen) atoms. The average molecular weight is 430 g/mol. The van der Waals surface area contributed by atoms with E-state index in [2.05, 4.69) is 4.72 Å². The molecule has 8 heteroatoms. The van der Waals surface area contributed by atoms with Gasteiger partial charge in [-0.25, -0.2) is 8.42 Å². The number of benzene rings is 2. The second kappa shape index (κ2) is 8.39. The van der Waals surface area contributed by atoms with Crippen molar-refractivity contribution in [3.05, 3.63) is 59.3 Å². The van der Waals surface area contributed by atoms with Crippen molar-refractivity contribution in [3.63, 3.8) is 0 Å². The Bertz CT molecular complexity index is 1200. The first-order chi connectivity index (χ1) is 14.1. The minimum absolute atomic E-state index is 0.102. The number of anilines is 2. The summed E-state index contributed by atoms with van der Waals surface area (Å²) in [5, 5.41) is 10.1. The molecule has 2 N–H and O–H groups in total. The summed E-state index contributed by atoms with van der Waals surface area (Å²) in [5.41, 5.74) is 4.81. The van der Waals surface area contributed by atoms with Crippen LogP contribution in [0.3, 0.4) is 0 Å². The van der Waals surface area contributed by atoms with Crippen LogP contribution in [0.25, 0.3) is 10.9 Å². The van der Waals surface area contributed by atoms with E-state index >= 15 is 0 Å². The number of nitrogens with one attached hydrogen (secondary N) is 1. The summed E-state index contributed by atoms with van der Waals surface area (Å²) in [6.45, 7) is 3.64. The molecule has 0 spiro atoms. The van der Waals surface area contributed by atoms with Gasteiger partial charge < -0.3 is 14.6 Å². The van der Waals surface area contributed by atoms with Crippen LogP contribution in [0.1, 0.15) is 16.8 Å². The fourth-order valence-corrected chi connectivity index (χ4v) is 4.79. The van der Waals surface area contributed by atoms with Crippen LogP contribution in [-0.2, 0) is 27.8 Å². The highest BCUT2D eigenvalue weighted by atomic mass is 32.2. The summed E-state index contributed by atoms with van der Waals surface area (Å²) in [7, 11) is 0.133. The van der Waals surface area contributed by atoms with Gasteiger partial charge >= 0.3 is 5.97 Å². The first kappa shape index (κ1) is 21.7.